The van der Waals surface area contributed by atoms with Crippen molar-refractivity contribution in [3.05, 3.63) is 77.6 Å². The number of hydrogen-bond donors (Lipinski definition) is 1. The van der Waals surface area contributed by atoms with Crippen molar-refractivity contribution < 1.29 is 4.79 Å². The summed E-state index contributed by atoms with van der Waals surface area (Å²) in [7, 11) is 0. The molecule has 1 aliphatic rings. The predicted molar refractivity (Wildman–Crippen MR) is 85.0 cm³/mol. The molecule has 108 valence electrons. The number of anilines is 1. The zero-order valence-corrected chi connectivity index (χ0v) is 12.0. The van der Waals surface area contributed by atoms with E-state index in [1.54, 1.807) is 24.3 Å². The first-order valence-electron chi connectivity index (χ1n) is 7.11. The SMILES string of the molecule is N#C/C(C(=O)c1ccccc1)=C(/Nc1ccccc1)N1CC1. The number of nitrogens with one attached hydrogen (secondary N) is 1. The molecule has 0 aromatic heterocycles. The van der Waals surface area contributed by atoms with Crippen LogP contribution in [0.3, 0.4) is 0 Å². The minimum absolute atomic E-state index is 0.146. The second-order valence-corrected chi connectivity index (χ2v) is 5.01. The molecule has 1 saturated heterocycles. The number of carbonyl (C=O) groups is 1. The number of hydrogen-bond acceptors (Lipinski definition) is 4. The molecular formula is C18H15N3O. The van der Waals surface area contributed by atoms with Gasteiger partial charge in [-0.15, -0.1) is 0 Å². The molecule has 1 aliphatic heterocycles. The lowest BCUT2D eigenvalue weighted by atomic mass is 10.0. The third-order valence-electron chi connectivity index (χ3n) is 3.41. The van der Waals surface area contributed by atoms with E-state index in [0.717, 1.165) is 18.8 Å². The molecule has 0 amide bonds. The fourth-order valence-electron chi connectivity index (χ4n) is 2.18. The van der Waals surface area contributed by atoms with Crippen LogP contribution in [0, 0.1) is 11.3 Å². The van der Waals surface area contributed by atoms with Gasteiger partial charge in [-0.05, 0) is 12.1 Å². The van der Waals surface area contributed by atoms with Crippen LogP contribution in [0.4, 0.5) is 5.69 Å². The summed E-state index contributed by atoms with van der Waals surface area (Å²) in [6.07, 6.45) is 0. The number of allylic oxidation sites excluding steroid dienone is 1. The quantitative estimate of drug-likeness (QED) is 0.398. The Bertz CT molecular complexity index is 741. The Hall–Kier alpha value is -3.06. The van der Waals surface area contributed by atoms with Gasteiger partial charge < -0.3 is 10.2 Å². The summed E-state index contributed by atoms with van der Waals surface area (Å²) in [6, 6.07) is 20.5. The van der Waals surface area contributed by atoms with E-state index >= 15 is 0 Å². The van der Waals surface area contributed by atoms with Gasteiger partial charge in [0.1, 0.15) is 17.5 Å². The largest absolute Gasteiger partial charge is 0.353 e. The molecule has 4 nitrogen and oxygen atoms in total. The molecule has 0 unspecified atom stereocenters. The van der Waals surface area contributed by atoms with E-state index < -0.39 is 0 Å². The number of nitrogens with zero attached hydrogens (tertiary/aromatic N) is 2. The number of ketones is 1. The first kappa shape index (κ1) is 13.9. The first-order valence-corrected chi connectivity index (χ1v) is 7.11. The number of rotatable bonds is 5. The normalized spacial score (nSPS) is 13.9. The van der Waals surface area contributed by atoms with E-state index in [4.69, 9.17) is 0 Å². The molecule has 1 heterocycles. The van der Waals surface area contributed by atoms with Gasteiger partial charge in [0.15, 0.2) is 0 Å². The smallest absolute Gasteiger partial charge is 0.207 e. The Morgan fingerprint density at radius 3 is 2.14 bits per heavy atom. The summed E-state index contributed by atoms with van der Waals surface area (Å²) in [4.78, 5) is 14.6. The van der Waals surface area contributed by atoms with Gasteiger partial charge in [-0.25, -0.2) is 0 Å². The van der Waals surface area contributed by atoms with E-state index in [-0.39, 0.29) is 11.4 Å². The standard InChI is InChI=1S/C18H15N3O/c19-13-16(17(22)14-7-3-1-4-8-14)18(21-11-12-21)20-15-9-5-2-6-10-15/h1-10,20H,11-12H2/b18-16+. The van der Waals surface area contributed by atoms with E-state index in [1.165, 1.54) is 0 Å². The maximum absolute atomic E-state index is 12.6. The van der Waals surface area contributed by atoms with Gasteiger partial charge in [-0.2, -0.15) is 5.26 Å². The van der Waals surface area contributed by atoms with E-state index in [0.29, 0.717) is 11.4 Å². The summed E-state index contributed by atoms with van der Waals surface area (Å²) in [5.41, 5.74) is 1.53. The molecule has 1 N–H and O–H groups in total. The Balaban J connectivity index is 1.97. The second kappa shape index (κ2) is 6.15. The van der Waals surface area contributed by atoms with Crippen LogP contribution in [0.5, 0.6) is 0 Å². The van der Waals surface area contributed by atoms with Crippen LogP contribution in [-0.4, -0.2) is 23.8 Å². The molecule has 2 aromatic rings. The van der Waals surface area contributed by atoms with Gasteiger partial charge in [0.25, 0.3) is 0 Å². The lowest BCUT2D eigenvalue weighted by Gasteiger charge is -2.14. The van der Waals surface area contributed by atoms with Gasteiger partial charge in [0.2, 0.25) is 5.78 Å². The first-order chi connectivity index (χ1) is 10.8. The molecule has 0 atom stereocenters. The van der Waals surface area contributed by atoms with Gasteiger partial charge >= 0.3 is 0 Å². The van der Waals surface area contributed by atoms with Crippen LogP contribution < -0.4 is 5.32 Å². The molecule has 0 bridgehead atoms. The van der Waals surface area contributed by atoms with Crippen molar-refractivity contribution in [2.24, 2.45) is 0 Å². The molecule has 1 fully saturated rings. The third-order valence-corrected chi connectivity index (χ3v) is 3.41. The van der Waals surface area contributed by atoms with Crippen molar-refractivity contribution in [2.45, 2.75) is 0 Å². The fourth-order valence-corrected chi connectivity index (χ4v) is 2.18. The number of nitriles is 1. The molecule has 0 spiro atoms. The lowest BCUT2D eigenvalue weighted by molar-refractivity contribution is 0.103. The summed E-state index contributed by atoms with van der Waals surface area (Å²) in [5.74, 6) is 0.330. The fraction of sp³-hybridized carbons (Fsp3) is 0.111. The van der Waals surface area contributed by atoms with Crippen LogP contribution in [0.25, 0.3) is 0 Å². The van der Waals surface area contributed by atoms with Crippen LogP contribution in [-0.2, 0) is 0 Å². The second-order valence-electron chi connectivity index (χ2n) is 5.01. The van der Waals surface area contributed by atoms with Crippen LogP contribution >= 0.6 is 0 Å². The third kappa shape index (κ3) is 2.99. The van der Waals surface area contributed by atoms with Gasteiger partial charge in [-0.1, -0.05) is 48.5 Å². The van der Waals surface area contributed by atoms with E-state index in [1.807, 2.05) is 41.3 Å². The average Bonchev–Trinajstić information content (AvgIpc) is 3.41. The minimum atomic E-state index is -0.256. The maximum Gasteiger partial charge on any atom is 0.207 e. The number of Topliss-reactive ketones (excluding diaryl/α,β-unsaturated/α-hetero) is 1. The Kier molecular flexibility index (Phi) is 3.88. The molecule has 22 heavy (non-hydrogen) atoms. The van der Waals surface area contributed by atoms with Crippen molar-refractivity contribution in [3.8, 4) is 6.07 Å². The maximum atomic E-state index is 12.6. The number of para-hydroxylation sites is 1. The van der Waals surface area contributed by atoms with Crippen molar-refractivity contribution in [3.63, 3.8) is 0 Å². The number of benzene rings is 2. The van der Waals surface area contributed by atoms with Gasteiger partial charge in [-0.3, -0.25) is 4.79 Å². The Labute approximate surface area is 129 Å². The summed E-state index contributed by atoms with van der Waals surface area (Å²) in [5, 5.41) is 12.7. The zero-order chi connectivity index (χ0) is 15.4. The van der Waals surface area contributed by atoms with Crippen LogP contribution in [0.1, 0.15) is 10.4 Å². The van der Waals surface area contributed by atoms with Crippen molar-refractivity contribution in [1.82, 2.24) is 4.90 Å². The molecule has 3 rings (SSSR count). The monoisotopic (exact) mass is 289 g/mol. The van der Waals surface area contributed by atoms with Crippen LogP contribution in [0.2, 0.25) is 0 Å². The minimum Gasteiger partial charge on any atom is -0.353 e. The van der Waals surface area contributed by atoms with Crippen molar-refractivity contribution in [1.29, 1.82) is 5.26 Å². The molecule has 4 heteroatoms. The summed E-state index contributed by atoms with van der Waals surface area (Å²) in [6.45, 7) is 1.70. The highest BCUT2D eigenvalue weighted by atomic mass is 16.1. The summed E-state index contributed by atoms with van der Waals surface area (Å²) >= 11 is 0. The Morgan fingerprint density at radius 1 is 1.00 bits per heavy atom. The van der Waals surface area contributed by atoms with Crippen molar-refractivity contribution >= 4 is 11.5 Å². The highest BCUT2D eigenvalue weighted by molar-refractivity contribution is 6.12. The summed E-state index contributed by atoms with van der Waals surface area (Å²) < 4.78 is 0. The van der Waals surface area contributed by atoms with Gasteiger partial charge in [0, 0.05) is 24.3 Å². The van der Waals surface area contributed by atoms with Crippen molar-refractivity contribution in [2.75, 3.05) is 18.4 Å². The predicted octanol–water partition coefficient (Wildman–Crippen LogP) is 3.03. The van der Waals surface area contributed by atoms with E-state index in [9.17, 15) is 10.1 Å². The molecule has 0 aliphatic carbocycles. The van der Waals surface area contributed by atoms with E-state index in [2.05, 4.69) is 11.4 Å². The molecule has 0 saturated carbocycles. The zero-order valence-electron chi connectivity index (χ0n) is 12.0. The molecule has 2 aromatic carbocycles. The average molecular weight is 289 g/mol. The lowest BCUT2D eigenvalue weighted by Crippen LogP contribution is -2.16. The molecular weight excluding hydrogens is 274 g/mol. The highest BCUT2D eigenvalue weighted by Gasteiger charge is 2.27. The highest BCUT2D eigenvalue weighted by Crippen LogP contribution is 2.23. The Morgan fingerprint density at radius 2 is 1.59 bits per heavy atom. The van der Waals surface area contributed by atoms with Gasteiger partial charge in [0.05, 0.1) is 0 Å². The topological polar surface area (TPSA) is 55.9 Å². The number of carbonyl (C=O) groups excluding carboxylic acids is 1. The van der Waals surface area contributed by atoms with Crippen LogP contribution in [0.15, 0.2) is 72.1 Å². The molecule has 0 radical (unpaired) electrons.